The second-order valence-electron chi connectivity index (χ2n) is 6.44. The summed E-state index contributed by atoms with van der Waals surface area (Å²) in [6.45, 7) is 3.12. The van der Waals surface area contributed by atoms with Crippen LogP contribution in [0.3, 0.4) is 0 Å². The first-order chi connectivity index (χ1) is 13.5. The van der Waals surface area contributed by atoms with Crippen LogP contribution >= 0.6 is 22.9 Å². The molecule has 0 aliphatic carbocycles. The second-order valence-corrected chi connectivity index (χ2v) is 7.80. The largest absolute Gasteiger partial charge is 0.466 e. The average molecular weight is 421 g/mol. The molecule has 28 heavy (non-hydrogen) atoms. The van der Waals surface area contributed by atoms with Crippen LogP contribution in [-0.2, 0) is 9.53 Å². The number of esters is 1. The van der Waals surface area contributed by atoms with Crippen LogP contribution in [-0.4, -0.2) is 42.4 Å². The zero-order valence-corrected chi connectivity index (χ0v) is 17.0. The number of nitrogens with one attached hydrogen (secondary N) is 1. The van der Waals surface area contributed by atoms with Gasteiger partial charge in [0.15, 0.2) is 0 Å². The normalized spacial score (nSPS) is 14.6. The van der Waals surface area contributed by atoms with E-state index in [2.05, 4.69) is 5.32 Å². The molecule has 0 bridgehead atoms. The maximum absolute atomic E-state index is 12.8. The van der Waals surface area contributed by atoms with Gasteiger partial charge in [0.2, 0.25) is 0 Å². The van der Waals surface area contributed by atoms with Gasteiger partial charge in [-0.15, -0.1) is 11.3 Å². The van der Waals surface area contributed by atoms with E-state index < -0.39 is 0 Å². The molecule has 8 heteroatoms. The van der Waals surface area contributed by atoms with E-state index in [1.807, 2.05) is 5.38 Å². The van der Waals surface area contributed by atoms with Gasteiger partial charge in [-0.1, -0.05) is 17.7 Å². The lowest BCUT2D eigenvalue weighted by Crippen LogP contribution is -2.40. The van der Waals surface area contributed by atoms with Crippen LogP contribution in [0.1, 0.15) is 39.8 Å². The van der Waals surface area contributed by atoms with Gasteiger partial charge in [-0.25, -0.2) is 0 Å². The van der Waals surface area contributed by atoms with Gasteiger partial charge in [0.05, 0.1) is 28.1 Å². The van der Waals surface area contributed by atoms with E-state index >= 15 is 0 Å². The Hall–Kier alpha value is -2.38. The Morgan fingerprint density at radius 2 is 2.00 bits per heavy atom. The van der Waals surface area contributed by atoms with Crippen LogP contribution < -0.4 is 5.32 Å². The van der Waals surface area contributed by atoms with Crippen LogP contribution in [0.15, 0.2) is 35.7 Å². The molecule has 3 rings (SSSR count). The Labute approximate surface area is 172 Å². The smallest absolute Gasteiger partial charge is 0.309 e. The third-order valence-electron chi connectivity index (χ3n) is 4.61. The van der Waals surface area contributed by atoms with Crippen LogP contribution in [0.2, 0.25) is 5.02 Å². The Morgan fingerprint density at radius 3 is 2.64 bits per heavy atom. The SMILES string of the molecule is CCOC(=O)C1CCN(C(=O)c2ccc(Cl)c(NC(=O)c3cccs3)c2)CC1. The van der Waals surface area contributed by atoms with E-state index in [0.29, 0.717) is 53.7 Å². The molecule has 1 fully saturated rings. The van der Waals surface area contributed by atoms with E-state index in [1.165, 1.54) is 11.3 Å². The number of hydrogen-bond donors (Lipinski definition) is 1. The number of rotatable bonds is 5. The summed E-state index contributed by atoms with van der Waals surface area (Å²) >= 11 is 7.52. The molecule has 2 amide bonds. The van der Waals surface area contributed by atoms with Gasteiger partial charge < -0.3 is 15.0 Å². The molecule has 2 heterocycles. The first kappa shape index (κ1) is 20.4. The lowest BCUT2D eigenvalue weighted by molar-refractivity contribution is -0.149. The number of hydrogen-bond acceptors (Lipinski definition) is 5. The Bertz CT molecular complexity index is 861. The highest BCUT2D eigenvalue weighted by Crippen LogP contribution is 2.26. The van der Waals surface area contributed by atoms with Crippen molar-refractivity contribution in [3.63, 3.8) is 0 Å². The summed E-state index contributed by atoms with van der Waals surface area (Å²) in [6.07, 6.45) is 1.17. The predicted molar refractivity (Wildman–Crippen MR) is 109 cm³/mol. The number of nitrogens with zero attached hydrogens (tertiary/aromatic N) is 1. The molecule has 0 atom stereocenters. The molecular formula is C20H21ClN2O4S. The number of amides is 2. The molecule has 0 spiro atoms. The molecule has 1 aromatic heterocycles. The molecule has 1 aromatic carbocycles. The number of benzene rings is 1. The van der Waals surface area contributed by atoms with Crippen molar-refractivity contribution in [2.45, 2.75) is 19.8 Å². The van der Waals surface area contributed by atoms with Crippen LogP contribution in [0.5, 0.6) is 0 Å². The zero-order chi connectivity index (χ0) is 20.1. The second kappa shape index (κ2) is 9.21. The highest BCUT2D eigenvalue weighted by atomic mass is 35.5. The summed E-state index contributed by atoms with van der Waals surface area (Å²) in [5.41, 5.74) is 0.841. The number of carbonyl (C=O) groups is 3. The van der Waals surface area contributed by atoms with Gasteiger partial charge in [0.1, 0.15) is 0 Å². The number of piperidine rings is 1. The van der Waals surface area contributed by atoms with Gasteiger partial charge in [0.25, 0.3) is 11.8 Å². The highest BCUT2D eigenvalue weighted by Gasteiger charge is 2.28. The van der Waals surface area contributed by atoms with Crippen molar-refractivity contribution >= 4 is 46.4 Å². The Balaban J connectivity index is 1.66. The minimum atomic E-state index is -0.267. The average Bonchev–Trinajstić information content (AvgIpc) is 3.24. The molecule has 6 nitrogen and oxygen atoms in total. The molecule has 0 saturated carbocycles. The van der Waals surface area contributed by atoms with Gasteiger partial charge in [-0.2, -0.15) is 0 Å². The standard InChI is InChI=1S/C20H21ClN2O4S/c1-2-27-20(26)13-7-9-23(10-8-13)19(25)14-5-6-15(21)16(12-14)22-18(24)17-4-3-11-28-17/h3-6,11-13H,2,7-10H2,1H3,(H,22,24). The summed E-state index contributed by atoms with van der Waals surface area (Å²) in [6, 6.07) is 8.35. The van der Waals surface area contributed by atoms with Crippen LogP contribution in [0.4, 0.5) is 5.69 Å². The van der Waals surface area contributed by atoms with Crippen molar-refractivity contribution in [2.75, 3.05) is 25.0 Å². The van der Waals surface area contributed by atoms with E-state index in [0.717, 1.165) is 0 Å². The van der Waals surface area contributed by atoms with Crippen molar-refractivity contribution < 1.29 is 19.1 Å². The van der Waals surface area contributed by atoms with E-state index in [9.17, 15) is 14.4 Å². The number of thiophene rings is 1. The fourth-order valence-corrected chi connectivity index (χ4v) is 3.89. The lowest BCUT2D eigenvalue weighted by atomic mass is 9.96. The predicted octanol–water partition coefficient (Wildman–Crippen LogP) is 4.07. The highest BCUT2D eigenvalue weighted by molar-refractivity contribution is 7.12. The molecule has 0 radical (unpaired) electrons. The maximum Gasteiger partial charge on any atom is 0.309 e. The molecule has 1 aliphatic rings. The van der Waals surface area contributed by atoms with Crippen molar-refractivity contribution in [1.82, 2.24) is 4.90 Å². The summed E-state index contributed by atoms with van der Waals surface area (Å²) in [5, 5.41) is 4.93. The molecule has 148 valence electrons. The maximum atomic E-state index is 12.8. The fourth-order valence-electron chi connectivity index (χ4n) is 3.11. The van der Waals surface area contributed by atoms with Gasteiger partial charge >= 0.3 is 5.97 Å². The third kappa shape index (κ3) is 4.72. The van der Waals surface area contributed by atoms with E-state index in [-0.39, 0.29) is 23.7 Å². The molecular weight excluding hydrogens is 400 g/mol. The topological polar surface area (TPSA) is 75.7 Å². The summed E-state index contributed by atoms with van der Waals surface area (Å²) in [4.78, 5) is 39.2. The molecule has 1 aliphatic heterocycles. The van der Waals surface area contributed by atoms with Crippen LogP contribution in [0, 0.1) is 5.92 Å². The number of carbonyl (C=O) groups excluding carboxylic acids is 3. The number of anilines is 1. The van der Waals surface area contributed by atoms with Gasteiger partial charge in [0, 0.05) is 18.7 Å². The molecule has 0 unspecified atom stereocenters. The van der Waals surface area contributed by atoms with Gasteiger partial charge in [-0.05, 0) is 49.4 Å². The summed E-state index contributed by atoms with van der Waals surface area (Å²) < 4.78 is 5.06. The summed E-state index contributed by atoms with van der Waals surface area (Å²) in [5.74, 6) is -0.767. The number of likely N-dealkylation sites (tertiary alicyclic amines) is 1. The van der Waals surface area contributed by atoms with Crippen molar-refractivity contribution in [3.8, 4) is 0 Å². The van der Waals surface area contributed by atoms with E-state index in [1.54, 1.807) is 42.2 Å². The molecule has 1 N–H and O–H groups in total. The van der Waals surface area contributed by atoms with Crippen LogP contribution in [0.25, 0.3) is 0 Å². The molecule has 2 aromatic rings. The van der Waals surface area contributed by atoms with E-state index in [4.69, 9.17) is 16.3 Å². The van der Waals surface area contributed by atoms with Gasteiger partial charge in [-0.3, -0.25) is 14.4 Å². The molecule has 1 saturated heterocycles. The van der Waals surface area contributed by atoms with Crippen molar-refractivity contribution in [2.24, 2.45) is 5.92 Å². The number of halogens is 1. The lowest BCUT2D eigenvalue weighted by Gasteiger charge is -2.31. The minimum Gasteiger partial charge on any atom is -0.466 e. The third-order valence-corrected chi connectivity index (χ3v) is 5.81. The quantitative estimate of drug-likeness (QED) is 0.740. The Kier molecular flexibility index (Phi) is 6.70. The monoisotopic (exact) mass is 420 g/mol. The zero-order valence-electron chi connectivity index (χ0n) is 15.4. The minimum absolute atomic E-state index is 0.148. The van der Waals surface area contributed by atoms with Crippen molar-refractivity contribution in [1.29, 1.82) is 0 Å². The summed E-state index contributed by atoms with van der Waals surface area (Å²) in [7, 11) is 0. The fraction of sp³-hybridized carbons (Fsp3) is 0.350. The first-order valence-electron chi connectivity index (χ1n) is 9.10. The Morgan fingerprint density at radius 1 is 1.25 bits per heavy atom. The first-order valence-corrected chi connectivity index (χ1v) is 10.4. The number of ether oxygens (including phenoxy) is 1. The van der Waals surface area contributed by atoms with Crippen molar-refractivity contribution in [3.05, 3.63) is 51.2 Å².